The molecular formula is C24H30N6O3S. The minimum atomic E-state index is -0.287. The van der Waals surface area contributed by atoms with Gasteiger partial charge in [0.2, 0.25) is 11.8 Å². The van der Waals surface area contributed by atoms with Gasteiger partial charge < -0.3 is 15.5 Å². The van der Waals surface area contributed by atoms with Crippen LogP contribution >= 0.6 is 11.3 Å². The molecule has 0 unspecified atom stereocenters. The number of hydrogen-bond acceptors (Lipinski definition) is 7. The lowest BCUT2D eigenvalue weighted by Crippen LogP contribution is -2.40. The second kappa shape index (κ2) is 10.3. The zero-order valence-electron chi connectivity index (χ0n) is 19.8. The van der Waals surface area contributed by atoms with Gasteiger partial charge in [0, 0.05) is 31.2 Å². The largest absolute Gasteiger partial charge is 0.356 e. The molecule has 9 nitrogen and oxygen atoms in total. The Morgan fingerprint density at radius 2 is 1.97 bits per heavy atom. The maximum absolute atomic E-state index is 13.0. The summed E-state index contributed by atoms with van der Waals surface area (Å²) in [6, 6.07) is 5.71. The van der Waals surface area contributed by atoms with Crippen LogP contribution in [0.4, 0.5) is 10.8 Å². The van der Waals surface area contributed by atoms with E-state index < -0.39 is 0 Å². The van der Waals surface area contributed by atoms with E-state index in [1.165, 1.54) is 22.2 Å². The number of amides is 2. The monoisotopic (exact) mass is 482 g/mol. The molecule has 3 aromatic rings. The van der Waals surface area contributed by atoms with E-state index in [0.29, 0.717) is 30.0 Å². The summed E-state index contributed by atoms with van der Waals surface area (Å²) in [7, 11) is 0. The molecule has 2 amide bonds. The molecule has 0 aliphatic carbocycles. The van der Waals surface area contributed by atoms with Gasteiger partial charge in [-0.1, -0.05) is 30.4 Å². The summed E-state index contributed by atoms with van der Waals surface area (Å²) in [5.74, 6) is -0.150. The van der Waals surface area contributed by atoms with Gasteiger partial charge in [-0.05, 0) is 50.3 Å². The van der Waals surface area contributed by atoms with Crippen molar-refractivity contribution in [1.82, 2.24) is 19.9 Å². The summed E-state index contributed by atoms with van der Waals surface area (Å²) in [6.45, 7) is 7.96. The third kappa shape index (κ3) is 5.11. The summed E-state index contributed by atoms with van der Waals surface area (Å²) in [5.41, 5.74) is 2.92. The fourth-order valence-corrected chi connectivity index (χ4v) is 5.06. The first kappa shape index (κ1) is 23.9. The lowest BCUT2D eigenvalue weighted by atomic mass is 9.96. The molecule has 10 heteroatoms. The SMILES string of the molecule is CCCNC(=O)C1CCN(c2nc3ncn(CC(=O)Nc4cccc(C)c4C)c(=O)c3s2)CC1. The van der Waals surface area contributed by atoms with Crippen LogP contribution in [0.1, 0.15) is 37.3 Å². The highest BCUT2D eigenvalue weighted by atomic mass is 32.1. The third-order valence-electron chi connectivity index (χ3n) is 6.25. The number of nitrogens with zero attached hydrogens (tertiary/aromatic N) is 4. The Labute approximate surface area is 202 Å². The number of aromatic nitrogens is 3. The van der Waals surface area contributed by atoms with E-state index in [1.54, 1.807) is 0 Å². The summed E-state index contributed by atoms with van der Waals surface area (Å²) in [4.78, 5) is 48.8. The number of rotatable bonds is 7. The topological polar surface area (TPSA) is 109 Å². The van der Waals surface area contributed by atoms with Crippen LogP contribution in [0, 0.1) is 19.8 Å². The second-order valence-electron chi connectivity index (χ2n) is 8.67. The van der Waals surface area contributed by atoms with E-state index in [0.717, 1.165) is 41.2 Å². The predicted molar refractivity (Wildman–Crippen MR) is 134 cm³/mol. The first-order valence-electron chi connectivity index (χ1n) is 11.6. The number of anilines is 2. The van der Waals surface area contributed by atoms with Crippen LogP contribution in [0.3, 0.4) is 0 Å². The lowest BCUT2D eigenvalue weighted by Gasteiger charge is -2.30. The van der Waals surface area contributed by atoms with Gasteiger partial charge in [-0.25, -0.2) is 4.98 Å². The van der Waals surface area contributed by atoms with Gasteiger partial charge in [0.25, 0.3) is 5.56 Å². The molecule has 3 heterocycles. The second-order valence-corrected chi connectivity index (χ2v) is 9.65. The average molecular weight is 483 g/mol. The van der Waals surface area contributed by atoms with Crippen LogP contribution in [0.15, 0.2) is 29.3 Å². The molecule has 1 saturated heterocycles. The molecule has 4 rings (SSSR count). The van der Waals surface area contributed by atoms with E-state index in [1.807, 2.05) is 39.0 Å². The molecular weight excluding hydrogens is 452 g/mol. The van der Waals surface area contributed by atoms with E-state index in [-0.39, 0.29) is 29.8 Å². The molecule has 1 aliphatic heterocycles. The first-order chi connectivity index (χ1) is 16.4. The average Bonchev–Trinajstić information content (AvgIpc) is 3.28. The van der Waals surface area contributed by atoms with Gasteiger partial charge in [0.1, 0.15) is 17.6 Å². The fourth-order valence-electron chi connectivity index (χ4n) is 4.04. The van der Waals surface area contributed by atoms with Gasteiger partial charge in [0.15, 0.2) is 10.8 Å². The van der Waals surface area contributed by atoms with Gasteiger partial charge in [-0.2, -0.15) is 4.98 Å². The third-order valence-corrected chi connectivity index (χ3v) is 7.34. The van der Waals surface area contributed by atoms with E-state index in [4.69, 9.17) is 0 Å². The van der Waals surface area contributed by atoms with Crippen molar-refractivity contribution in [3.05, 3.63) is 46.0 Å². The molecule has 1 aliphatic rings. The molecule has 180 valence electrons. The van der Waals surface area contributed by atoms with E-state index in [2.05, 4.69) is 25.5 Å². The fraction of sp³-hybridized carbons (Fsp3) is 0.458. The van der Waals surface area contributed by atoms with Gasteiger partial charge in [0.05, 0.1) is 0 Å². The zero-order valence-corrected chi connectivity index (χ0v) is 20.6. The highest BCUT2D eigenvalue weighted by Gasteiger charge is 2.26. The number of nitrogens with one attached hydrogen (secondary N) is 2. The number of benzene rings is 1. The minimum absolute atomic E-state index is 0.0167. The molecule has 0 bridgehead atoms. The normalized spacial score (nSPS) is 14.4. The van der Waals surface area contributed by atoms with Crippen molar-refractivity contribution in [1.29, 1.82) is 0 Å². The molecule has 0 saturated carbocycles. The van der Waals surface area contributed by atoms with Gasteiger partial charge >= 0.3 is 0 Å². The van der Waals surface area contributed by atoms with Crippen LogP contribution in [0.5, 0.6) is 0 Å². The van der Waals surface area contributed by atoms with Gasteiger partial charge in [-0.3, -0.25) is 19.0 Å². The van der Waals surface area contributed by atoms with Crippen molar-refractivity contribution in [2.45, 2.75) is 46.6 Å². The summed E-state index contributed by atoms with van der Waals surface area (Å²) < 4.78 is 1.74. The number of piperidine rings is 1. The Hall–Kier alpha value is -3.27. The Kier molecular flexibility index (Phi) is 7.26. The van der Waals surface area contributed by atoms with E-state index >= 15 is 0 Å². The standard InChI is InChI=1S/C24H30N6O3S/c1-4-10-25-22(32)17-8-11-29(12-9-17)24-28-21-20(34-24)23(33)30(14-26-21)13-19(31)27-18-7-5-6-15(2)16(18)3/h5-7,14,17H,4,8-13H2,1-3H3,(H,25,32)(H,27,31). The molecule has 1 fully saturated rings. The zero-order chi connectivity index (χ0) is 24.2. The highest BCUT2D eigenvalue weighted by molar-refractivity contribution is 7.22. The van der Waals surface area contributed by atoms with Gasteiger partial charge in [-0.15, -0.1) is 0 Å². The molecule has 0 spiro atoms. The summed E-state index contributed by atoms with van der Waals surface area (Å²) in [6.07, 6.45) is 3.80. The van der Waals surface area contributed by atoms with E-state index in [9.17, 15) is 14.4 Å². The molecule has 1 aromatic carbocycles. The number of aryl methyl sites for hydroxylation is 1. The number of carbonyl (C=O) groups is 2. The van der Waals surface area contributed by atoms with Crippen LogP contribution in [-0.2, 0) is 16.1 Å². The molecule has 0 radical (unpaired) electrons. The van der Waals surface area contributed by atoms with Crippen molar-refractivity contribution in [2.24, 2.45) is 5.92 Å². The number of thiazole rings is 1. The van der Waals surface area contributed by atoms with Crippen molar-refractivity contribution < 1.29 is 9.59 Å². The number of fused-ring (bicyclic) bond motifs is 1. The Bertz CT molecular complexity index is 1260. The Balaban J connectivity index is 1.44. The van der Waals surface area contributed by atoms with Crippen LogP contribution in [-0.4, -0.2) is 46.0 Å². The summed E-state index contributed by atoms with van der Waals surface area (Å²) in [5, 5.41) is 6.58. The highest BCUT2D eigenvalue weighted by Crippen LogP contribution is 2.29. The van der Waals surface area contributed by atoms with Crippen LogP contribution in [0.25, 0.3) is 10.3 Å². The quantitative estimate of drug-likeness (QED) is 0.536. The van der Waals surface area contributed by atoms with Crippen molar-refractivity contribution >= 4 is 44.3 Å². The number of carbonyl (C=O) groups excluding carboxylic acids is 2. The first-order valence-corrected chi connectivity index (χ1v) is 12.4. The predicted octanol–water partition coefficient (Wildman–Crippen LogP) is 2.85. The molecule has 34 heavy (non-hydrogen) atoms. The van der Waals surface area contributed by atoms with Crippen molar-refractivity contribution in [3.8, 4) is 0 Å². The molecule has 2 aromatic heterocycles. The number of hydrogen-bond donors (Lipinski definition) is 2. The Morgan fingerprint density at radius 3 is 2.71 bits per heavy atom. The maximum Gasteiger partial charge on any atom is 0.273 e. The maximum atomic E-state index is 13.0. The smallest absolute Gasteiger partial charge is 0.273 e. The molecule has 2 N–H and O–H groups in total. The van der Waals surface area contributed by atoms with Crippen LogP contribution in [0.2, 0.25) is 0 Å². The van der Waals surface area contributed by atoms with Crippen molar-refractivity contribution in [2.75, 3.05) is 29.9 Å². The minimum Gasteiger partial charge on any atom is -0.356 e. The Morgan fingerprint density at radius 1 is 1.21 bits per heavy atom. The summed E-state index contributed by atoms with van der Waals surface area (Å²) >= 11 is 1.29. The lowest BCUT2D eigenvalue weighted by molar-refractivity contribution is -0.125. The molecule has 0 atom stereocenters. The van der Waals surface area contributed by atoms with Crippen molar-refractivity contribution in [3.63, 3.8) is 0 Å². The van der Waals surface area contributed by atoms with Crippen LogP contribution < -0.4 is 21.1 Å².